The summed E-state index contributed by atoms with van der Waals surface area (Å²) < 4.78 is 0. The standard InChI is InChI=1S/C3H5BS2/c4-3-1-2-5-6-3/h3H,1-2H2. The highest BCUT2D eigenvalue weighted by Gasteiger charge is 2.08. The minimum Gasteiger partial charge on any atom is -0.100 e. The van der Waals surface area contributed by atoms with Crippen LogP contribution in [-0.4, -0.2) is 18.7 Å². The number of rotatable bonds is 0. The Morgan fingerprint density at radius 2 is 2.50 bits per heavy atom. The lowest BCUT2D eigenvalue weighted by atomic mass is 10.0. The van der Waals surface area contributed by atoms with Gasteiger partial charge in [-0.25, -0.2) is 0 Å². The highest BCUT2D eigenvalue weighted by Crippen LogP contribution is 2.35. The Bertz CT molecular complexity index is 42.1. The van der Waals surface area contributed by atoms with Crippen LogP contribution in [0, 0.1) is 0 Å². The normalized spacial score (nSPS) is 34.3. The number of hydrogen-bond donors (Lipinski definition) is 0. The molecule has 0 bridgehead atoms. The maximum Gasteiger partial charge on any atom is 0.0858 e. The van der Waals surface area contributed by atoms with Gasteiger partial charge in [-0.1, -0.05) is 10.8 Å². The van der Waals surface area contributed by atoms with Crippen LogP contribution in [0.25, 0.3) is 0 Å². The molecular weight excluding hydrogens is 111 g/mol. The second-order valence-electron chi connectivity index (χ2n) is 1.25. The van der Waals surface area contributed by atoms with Crippen molar-refractivity contribution in [1.29, 1.82) is 0 Å². The summed E-state index contributed by atoms with van der Waals surface area (Å²) in [6.45, 7) is 0. The first-order valence-electron chi connectivity index (χ1n) is 1.93. The minimum absolute atomic E-state index is 0.426. The summed E-state index contributed by atoms with van der Waals surface area (Å²) in [6.07, 6.45) is 1.19. The van der Waals surface area contributed by atoms with Crippen molar-refractivity contribution in [2.75, 3.05) is 5.75 Å². The third-order valence-corrected chi connectivity index (χ3v) is 3.35. The van der Waals surface area contributed by atoms with Crippen LogP contribution in [0.3, 0.4) is 0 Å². The Hall–Kier alpha value is 0.765. The Morgan fingerprint density at radius 1 is 1.67 bits per heavy atom. The van der Waals surface area contributed by atoms with Gasteiger partial charge < -0.3 is 0 Å². The molecule has 2 radical (unpaired) electrons. The zero-order valence-electron chi connectivity index (χ0n) is 3.39. The van der Waals surface area contributed by atoms with E-state index in [1.54, 1.807) is 10.8 Å². The van der Waals surface area contributed by atoms with Crippen LogP contribution in [0.2, 0.25) is 0 Å². The monoisotopic (exact) mass is 116 g/mol. The molecule has 32 valence electrons. The molecule has 1 saturated heterocycles. The molecule has 1 unspecified atom stereocenters. The fourth-order valence-corrected chi connectivity index (χ4v) is 2.72. The molecule has 1 atom stereocenters. The first-order chi connectivity index (χ1) is 2.89. The second-order valence-corrected chi connectivity index (χ2v) is 3.97. The quantitative estimate of drug-likeness (QED) is 0.345. The Morgan fingerprint density at radius 3 is 2.67 bits per heavy atom. The van der Waals surface area contributed by atoms with Crippen LogP contribution < -0.4 is 0 Å². The lowest BCUT2D eigenvalue weighted by Crippen LogP contribution is -1.92. The zero-order chi connectivity index (χ0) is 4.41. The molecule has 1 heterocycles. The Labute approximate surface area is 47.3 Å². The van der Waals surface area contributed by atoms with E-state index >= 15 is 0 Å². The van der Waals surface area contributed by atoms with Crippen molar-refractivity contribution in [3.63, 3.8) is 0 Å². The average Bonchev–Trinajstić information content (AvgIpc) is 1.86. The van der Waals surface area contributed by atoms with Crippen molar-refractivity contribution in [2.24, 2.45) is 0 Å². The summed E-state index contributed by atoms with van der Waals surface area (Å²) in [5, 5.41) is 0.426. The summed E-state index contributed by atoms with van der Waals surface area (Å²) in [6, 6.07) is 0. The Balaban J connectivity index is 2.18. The smallest absolute Gasteiger partial charge is 0.0858 e. The molecule has 0 aliphatic carbocycles. The molecule has 6 heavy (non-hydrogen) atoms. The van der Waals surface area contributed by atoms with E-state index < -0.39 is 0 Å². The van der Waals surface area contributed by atoms with Crippen LogP contribution in [-0.2, 0) is 0 Å². The van der Waals surface area contributed by atoms with Gasteiger partial charge in [-0.15, -0.1) is 10.8 Å². The lowest BCUT2D eigenvalue weighted by Gasteiger charge is -1.89. The highest BCUT2D eigenvalue weighted by molar-refractivity contribution is 8.77. The van der Waals surface area contributed by atoms with E-state index in [0.717, 1.165) is 0 Å². The minimum atomic E-state index is 0.426. The van der Waals surface area contributed by atoms with Gasteiger partial charge in [0.1, 0.15) is 0 Å². The van der Waals surface area contributed by atoms with E-state index in [4.69, 9.17) is 7.85 Å². The van der Waals surface area contributed by atoms with Gasteiger partial charge in [0, 0.05) is 5.75 Å². The van der Waals surface area contributed by atoms with E-state index in [1.807, 2.05) is 10.8 Å². The van der Waals surface area contributed by atoms with Crippen molar-refractivity contribution < 1.29 is 0 Å². The molecule has 0 aromatic heterocycles. The van der Waals surface area contributed by atoms with Gasteiger partial charge in [-0.3, -0.25) is 0 Å². The lowest BCUT2D eigenvalue weighted by molar-refractivity contribution is 1.08. The van der Waals surface area contributed by atoms with Crippen LogP contribution in [0.4, 0.5) is 0 Å². The molecule has 1 rings (SSSR count). The molecule has 0 amide bonds. The van der Waals surface area contributed by atoms with Gasteiger partial charge in [0.25, 0.3) is 0 Å². The molecule has 3 heteroatoms. The van der Waals surface area contributed by atoms with E-state index in [1.165, 1.54) is 12.2 Å². The van der Waals surface area contributed by atoms with Crippen molar-refractivity contribution in [3.05, 3.63) is 0 Å². The predicted molar refractivity (Wildman–Crippen MR) is 34.2 cm³/mol. The molecule has 0 aromatic rings. The van der Waals surface area contributed by atoms with Gasteiger partial charge >= 0.3 is 0 Å². The summed E-state index contributed by atoms with van der Waals surface area (Å²) >= 11 is 0. The zero-order valence-corrected chi connectivity index (χ0v) is 5.02. The SMILES string of the molecule is [B]C1CCSS1. The van der Waals surface area contributed by atoms with Crippen LogP contribution in [0.5, 0.6) is 0 Å². The molecule has 1 fully saturated rings. The number of hydrogen-bond acceptors (Lipinski definition) is 2. The van der Waals surface area contributed by atoms with Crippen molar-refractivity contribution >= 4 is 29.4 Å². The van der Waals surface area contributed by atoms with Crippen LogP contribution >= 0.6 is 21.6 Å². The molecule has 0 nitrogen and oxygen atoms in total. The maximum absolute atomic E-state index is 5.48. The molecule has 1 aliphatic rings. The summed E-state index contributed by atoms with van der Waals surface area (Å²) in [5.74, 6) is 1.24. The summed E-state index contributed by atoms with van der Waals surface area (Å²) in [7, 11) is 9.14. The van der Waals surface area contributed by atoms with Gasteiger partial charge in [-0.2, -0.15) is 0 Å². The first kappa shape index (κ1) is 4.91. The molecular formula is C3H5BS2. The Kier molecular flexibility index (Phi) is 1.78. The first-order valence-corrected chi connectivity index (χ1v) is 4.31. The molecule has 0 N–H and O–H groups in total. The largest absolute Gasteiger partial charge is 0.100 e. The van der Waals surface area contributed by atoms with E-state index in [2.05, 4.69) is 0 Å². The van der Waals surface area contributed by atoms with Crippen LogP contribution in [0.15, 0.2) is 0 Å². The van der Waals surface area contributed by atoms with Gasteiger partial charge in [0.2, 0.25) is 0 Å². The van der Waals surface area contributed by atoms with Gasteiger partial charge in [0.05, 0.1) is 7.85 Å². The van der Waals surface area contributed by atoms with E-state index in [0.29, 0.717) is 5.15 Å². The third-order valence-electron chi connectivity index (χ3n) is 0.677. The summed E-state index contributed by atoms with van der Waals surface area (Å²) in [5.41, 5.74) is 0. The van der Waals surface area contributed by atoms with E-state index in [-0.39, 0.29) is 0 Å². The fraction of sp³-hybridized carbons (Fsp3) is 1.00. The van der Waals surface area contributed by atoms with Crippen molar-refractivity contribution in [2.45, 2.75) is 11.6 Å². The average molecular weight is 116 g/mol. The molecule has 1 aliphatic heterocycles. The topological polar surface area (TPSA) is 0 Å². The maximum atomic E-state index is 5.48. The second kappa shape index (κ2) is 2.17. The van der Waals surface area contributed by atoms with Gasteiger partial charge in [0.15, 0.2) is 0 Å². The fourth-order valence-electron chi connectivity index (χ4n) is 0.348. The third kappa shape index (κ3) is 1.12. The van der Waals surface area contributed by atoms with Gasteiger partial charge in [-0.05, 0) is 11.6 Å². The molecule has 0 saturated carbocycles. The molecule has 0 aromatic carbocycles. The van der Waals surface area contributed by atoms with E-state index in [9.17, 15) is 0 Å². The van der Waals surface area contributed by atoms with Crippen LogP contribution in [0.1, 0.15) is 6.42 Å². The van der Waals surface area contributed by atoms with Crippen molar-refractivity contribution in [3.8, 4) is 0 Å². The van der Waals surface area contributed by atoms with Crippen molar-refractivity contribution in [1.82, 2.24) is 0 Å². The highest BCUT2D eigenvalue weighted by atomic mass is 33.1. The molecule has 0 spiro atoms. The summed E-state index contributed by atoms with van der Waals surface area (Å²) in [4.78, 5) is 0. The predicted octanol–water partition coefficient (Wildman–Crippen LogP) is 1.27.